The highest BCUT2D eigenvalue weighted by atomic mass is 16.5. The topological polar surface area (TPSA) is 33.6 Å². The number of allylic oxidation sites excluding steroid dienone is 2. The summed E-state index contributed by atoms with van der Waals surface area (Å²) >= 11 is 0. The maximum absolute atomic E-state index is 5.73. The molecule has 0 amide bonds. The number of fused-ring (bicyclic) bond motifs is 3. The average Bonchev–Trinajstić information content (AvgIpc) is 3.32. The molecule has 1 N–H and O–H groups in total. The van der Waals surface area contributed by atoms with E-state index in [1.807, 2.05) is 30.5 Å². The molecule has 160 valence electrons. The first-order valence-electron chi connectivity index (χ1n) is 11.2. The molecule has 1 aliphatic heterocycles. The van der Waals surface area contributed by atoms with Crippen LogP contribution in [0.2, 0.25) is 0 Å². The lowest BCUT2D eigenvalue weighted by Gasteiger charge is -2.37. The number of rotatable bonds is 6. The zero-order chi connectivity index (χ0) is 21.9. The van der Waals surface area contributed by atoms with Crippen molar-refractivity contribution < 1.29 is 4.74 Å². The number of para-hydroxylation sites is 1. The Morgan fingerprint density at radius 1 is 1.09 bits per heavy atom. The maximum atomic E-state index is 5.73. The van der Waals surface area contributed by atoms with Crippen LogP contribution in [0.15, 0.2) is 96.5 Å². The average molecular weight is 421 g/mol. The van der Waals surface area contributed by atoms with Crippen LogP contribution in [0.25, 0.3) is 0 Å². The van der Waals surface area contributed by atoms with E-state index in [1.54, 1.807) is 6.08 Å². The molecule has 1 aliphatic carbocycles. The fraction of sp³-hybridized carbons (Fsp3) is 0.207. The van der Waals surface area contributed by atoms with Crippen molar-refractivity contribution in [1.29, 1.82) is 0 Å². The molecule has 0 unspecified atom stereocenters. The van der Waals surface area contributed by atoms with E-state index in [0.29, 0.717) is 24.5 Å². The minimum absolute atomic E-state index is 0.302. The molecule has 3 atom stereocenters. The summed E-state index contributed by atoms with van der Waals surface area (Å²) in [4.78, 5) is 4.68. The largest absolute Gasteiger partial charge is 0.489 e. The molecule has 2 aliphatic rings. The van der Waals surface area contributed by atoms with E-state index >= 15 is 0 Å². The van der Waals surface area contributed by atoms with Crippen molar-refractivity contribution in [1.82, 2.24) is 0 Å². The van der Waals surface area contributed by atoms with Crippen LogP contribution >= 0.6 is 0 Å². The molecule has 0 radical (unpaired) electrons. The van der Waals surface area contributed by atoms with Crippen LogP contribution in [0.5, 0.6) is 5.75 Å². The molecule has 3 nitrogen and oxygen atoms in total. The molecule has 3 aromatic rings. The van der Waals surface area contributed by atoms with Gasteiger partial charge in [-0.1, -0.05) is 66.8 Å². The van der Waals surface area contributed by atoms with Crippen LogP contribution in [0.3, 0.4) is 0 Å². The molecule has 32 heavy (non-hydrogen) atoms. The van der Waals surface area contributed by atoms with E-state index in [2.05, 4.69) is 78.4 Å². The molecule has 0 spiro atoms. The van der Waals surface area contributed by atoms with Gasteiger partial charge >= 0.3 is 0 Å². The molecule has 5 rings (SSSR count). The number of anilines is 1. The zero-order valence-corrected chi connectivity index (χ0v) is 18.4. The number of nitrogens with zero attached hydrogens (tertiary/aromatic N) is 1. The summed E-state index contributed by atoms with van der Waals surface area (Å²) in [6.45, 7) is 6.36. The summed E-state index contributed by atoms with van der Waals surface area (Å²) in [5, 5.41) is 3.81. The van der Waals surface area contributed by atoms with Gasteiger partial charge in [-0.25, -0.2) is 0 Å². The van der Waals surface area contributed by atoms with Gasteiger partial charge in [-0.2, -0.15) is 0 Å². The fourth-order valence-electron chi connectivity index (χ4n) is 4.82. The molecular weight excluding hydrogens is 392 g/mol. The monoisotopic (exact) mass is 420 g/mol. The lowest BCUT2D eigenvalue weighted by Crippen LogP contribution is -2.29. The highest BCUT2D eigenvalue weighted by molar-refractivity contribution is 5.85. The van der Waals surface area contributed by atoms with Crippen LogP contribution in [0.4, 0.5) is 11.4 Å². The van der Waals surface area contributed by atoms with Crippen LogP contribution in [0.1, 0.15) is 40.6 Å². The van der Waals surface area contributed by atoms with Gasteiger partial charge in [0.15, 0.2) is 0 Å². The molecule has 1 heterocycles. The number of hydrogen-bond donors (Lipinski definition) is 1. The Morgan fingerprint density at radius 3 is 2.78 bits per heavy atom. The van der Waals surface area contributed by atoms with Crippen LogP contribution in [-0.2, 0) is 0 Å². The SMILES string of the molecule is C=CCOc1ccccc1C=Nc1ccc([C@@H]2Nc3ccc(C)cc3[C@@H]3C=CC[C@@H]32)cc1. The quantitative estimate of drug-likeness (QED) is 0.340. The first-order chi connectivity index (χ1) is 15.7. The number of ether oxygens (including phenoxy) is 1. The summed E-state index contributed by atoms with van der Waals surface area (Å²) in [5.74, 6) is 1.85. The minimum Gasteiger partial charge on any atom is -0.489 e. The van der Waals surface area contributed by atoms with Gasteiger partial charge in [-0.05, 0) is 60.7 Å². The molecule has 0 saturated heterocycles. The molecule has 0 bridgehead atoms. The number of aryl methyl sites for hydroxylation is 1. The normalized spacial score (nSPS) is 21.1. The van der Waals surface area contributed by atoms with E-state index in [4.69, 9.17) is 4.74 Å². The van der Waals surface area contributed by atoms with E-state index in [9.17, 15) is 0 Å². The van der Waals surface area contributed by atoms with Gasteiger partial charge in [-0.3, -0.25) is 4.99 Å². The molecule has 0 fully saturated rings. The van der Waals surface area contributed by atoms with Crippen molar-refractivity contribution in [2.24, 2.45) is 10.9 Å². The van der Waals surface area contributed by atoms with Gasteiger partial charge < -0.3 is 10.1 Å². The lowest BCUT2D eigenvalue weighted by atomic mass is 9.76. The summed E-state index contributed by atoms with van der Waals surface area (Å²) in [6.07, 6.45) is 9.45. The number of aliphatic imine (C=N–C) groups is 1. The summed E-state index contributed by atoms with van der Waals surface area (Å²) < 4.78 is 5.73. The van der Waals surface area contributed by atoms with Crippen molar-refractivity contribution >= 4 is 17.6 Å². The fourth-order valence-corrected chi connectivity index (χ4v) is 4.82. The lowest BCUT2D eigenvalue weighted by molar-refractivity contribution is 0.363. The van der Waals surface area contributed by atoms with Gasteiger partial charge in [0.1, 0.15) is 12.4 Å². The maximum Gasteiger partial charge on any atom is 0.128 e. The summed E-state index contributed by atoms with van der Waals surface area (Å²) in [6, 6.07) is 23.6. The molecular formula is C29H28N2O. The Kier molecular flexibility index (Phi) is 5.64. The van der Waals surface area contributed by atoms with Gasteiger partial charge in [0.2, 0.25) is 0 Å². The van der Waals surface area contributed by atoms with E-state index in [-0.39, 0.29) is 0 Å². The summed E-state index contributed by atoms with van der Waals surface area (Å²) in [5.41, 5.74) is 7.20. The van der Waals surface area contributed by atoms with Gasteiger partial charge in [0, 0.05) is 23.4 Å². The van der Waals surface area contributed by atoms with Gasteiger partial charge in [-0.15, -0.1) is 0 Å². The first kappa shape index (κ1) is 20.3. The van der Waals surface area contributed by atoms with E-state index < -0.39 is 0 Å². The van der Waals surface area contributed by atoms with Crippen molar-refractivity contribution in [3.63, 3.8) is 0 Å². The highest BCUT2D eigenvalue weighted by Gasteiger charge is 2.37. The third kappa shape index (κ3) is 3.99. The van der Waals surface area contributed by atoms with Crippen LogP contribution in [-0.4, -0.2) is 12.8 Å². The van der Waals surface area contributed by atoms with E-state index in [1.165, 1.54) is 22.4 Å². The van der Waals surface area contributed by atoms with Crippen LogP contribution in [0, 0.1) is 12.8 Å². The van der Waals surface area contributed by atoms with Crippen molar-refractivity contribution in [3.8, 4) is 5.75 Å². The predicted octanol–water partition coefficient (Wildman–Crippen LogP) is 7.14. The molecule has 0 aromatic heterocycles. The predicted molar refractivity (Wildman–Crippen MR) is 133 cm³/mol. The first-order valence-corrected chi connectivity index (χ1v) is 11.2. The second-order valence-corrected chi connectivity index (χ2v) is 8.55. The second-order valence-electron chi connectivity index (χ2n) is 8.55. The highest BCUT2D eigenvalue weighted by Crippen LogP contribution is 2.50. The number of benzene rings is 3. The van der Waals surface area contributed by atoms with Gasteiger partial charge in [0.05, 0.1) is 11.7 Å². The molecule has 3 heteroatoms. The minimum atomic E-state index is 0.302. The third-order valence-corrected chi connectivity index (χ3v) is 6.40. The van der Waals surface area contributed by atoms with Gasteiger partial charge in [0.25, 0.3) is 0 Å². The molecule has 0 saturated carbocycles. The molecule has 3 aromatic carbocycles. The number of hydrogen-bond acceptors (Lipinski definition) is 3. The van der Waals surface area contributed by atoms with Crippen molar-refractivity contribution in [3.05, 3.63) is 114 Å². The smallest absolute Gasteiger partial charge is 0.128 e. The Bertz CT molecular complexity index is 1180. The number of nitrogens with one attached hydrogen (secondary N) is 1. The Morgan fingerprint density at radius 2 is 1.94 bits per heavy atom. The second kappa shape index (κ2) is 8.88. The Hall–Kier alpha value is -3.59. The van der Waals surface area contributed by atoms with Crippen molar-refractivity contribution in [2.45, 2.75) is 25.3 Å². The Labute approximate surface area is 190 Å². The Balaban J connectivity index is 1.36. The third-order valence-electron chi connectivity index (χ3n) is 6.40. The standard InChI is InChI=1S/C29H28N2O/c1-3-17-32-28-10-5-4-7-22(28)19-30-23-14-12-21(13-15-23)29-25-9-6-8-24(25)26-18-20(2)11-16-27(26)31-29/h3-8,10-16,18-19,24-25,29,31H,1,9,17H2,2H3/t24-,25+,29+/m1/s1. The van der Waals surface area contributed by atoms with E-state index in [0.717, 1.165) is 23.4 Å². The van der Waals surface area contributed by atoms with Crippen molar-refractivity contribution in [2.75, 3.05) is 11.9 Å². The van der Waals surface area contributed by atoms with Crippen LogP contribution < -0.4 is 10.1 Å². The summed E-state index contributed by atoms with van der Waals surface area (Å²) in [7, 11) is 0. The zero-order valence-electron chi connectivity index (χ0n) is 18.4.